The zero-order chi connectivity index (χ0) is 18.1. The molecule has 8 heteroatoms. The lowest BCUT2D eigenvalue weighted by Gasteiger charge is -2.38. The summed E-state index contributed by atoms with van der Waals surface area (Å²) in [5.74, 6) is -0.136. The van der Waals surface area contributed by atoms with Gasteiger partial charge in [-0.05, 0) is 26.5 Å². The van der Waals surface area contributed by atoms with Crippen LogP contribution in [0.4, 0.5) is 0 Å². The summed E-state index contributed by atoms with van der Waals surface area (Å²) in [6.45, 7) is 6.67. The lowest BCUT2D eigenvalue weighted by molar-refractivity contribution is 0.0533. The topological polar surface area (TPSA) is 91.3 Å². The molecule has 0 saturated carbocycles. The van der Waals surface area contributed by atoms with Gasteiger partial charge in [0.2, 0.25) is 0 Å². The number of fused-ring (bicyclic) bond motifs is 1. The van der Waals surface area contributed by atoms with Crippen molar-refractivity contribution in [3.05, 3.63) is 38.7 Å². The second kappa shape index (κ2) is 6.79. The van der Waals surface area contributed by atoms with E-state index in [0.717, 1.165) is 19.5 Å². The van der Waals surface area contributed by atoms with Crippen LogP contribution in [-0.2, 0) is 6.54 Å². The van der Waals surface area contributed by atoms with Crippen LogP contribution in [0.3, 0.4) is 0 Å². The normalized spacial score (nSPS) is 18.7. The summed E-state index contributed by atoms with van der Waals surface area (Å²) in [5.41, 5.74) is -0.297. The Bertz CT molecular complexity index is 917. The van der Waals surface area contributed by atoms with Crippen molar-refractivity contribution in [1.29, 1.82) is 0 Å². The van der Waals surface area contributed by atoms with Gasteiger partial charge in [-0.25, -0.2) is 9.78 Å². The molecular formula is C17H23N5O3. The molecule has 3 rings (SSSR count). The molecule has 134 valence electrons. The van der Waals surface area contributed by atoms with Crippen molar-refractivity contribution in [2.75, 3.05) is 26.7 Å². The Hall–Kier alpha value is -2.48. The maximum Gasteiger partial charge on any atom is 0.329 e. The van der Waals surface area contributed by atoms with E-state index < -0.39 is 11.2 Å². The van der Waals surface area contributed by atoms with E-state index >= 15 is 0 Å². The molecule has 0 unspecified atom stereocenters. The Morgan fingerprint density at radius 2 is 2.12 bits per heavy atom. The van der Waals surface area contributed by atoms with E-state index in [9.17, 15) is 14.4 Å². The highest BCUT2D eigenvalue weighted by atomic mass is 16.2. The van der Waals surface area contributed by atoms with Gasteiger partial charge in [-0.1, -0.05) is 6.92 Å². The Morgan fingerprint density at radius 1 is 1.36 bits per heavy atom. The van der Waals surface area contributed by atoms with Gasteiger partial charge in [0.15, 0.2) is 0 Å². The lowest BCUT2D eigenvalue weighted by Crippen LogP contribution is -2.52. The van der Waals surface area contributed by atoms with Crippen molar-refractivity contribution in [1.82, 2.24) is 24.3 Å². The summed E-state index contributed by atoms with van der Waals surface area (Å²) in [7, 11) is 2.03. The first-order valence-corrected chi connectivity index (χ1v) is 8.54. The third kappa shape index (κ3) is 3.21. The van der Waals surface area contributed by atoms with Crippen LogP contribution in [-0.4, -0.2) is 63.0 Å². The van der Waals surface area contributed by atoms with Gasteiger partial charge < -0.3 is 9.80 Å². The summed E-state index contributed by atoms with van der Waals surface area (Å²) >= 11 is 0. The molecule has 8 nitrogen and oxygen atoms in total. The highest BCUT2D eigenvalue weighted by Crippen LogP contribution is 2.15. The number of hydrogen-bond acceptors (Lipinski definition) is 5. The van der Waals surface area contributed by atoms with Crippen LogP contribution in [0.15, 0.2) is 21.9 Å². The highest BCUT2D eigenvalue weighted by molar-refractivity contribution is 5.97. The van der Waals surface area contributed by atoms with E-state index in [2.05, 4.69) is 14.9 Å². The van der Waals surface area contributed by atoms with Gasteiger partial charge in [0.25, 0.3) is 11.5 Å². The number of hydrogen-bond donors (Lipinski definition) is 1. The van der Waals surface area contributed by atoms with Gasteiger partial charge in [-0.15, -0.1) is 0 Å². The molecule has 1 amide bonds. The number of carbonyl (C=O) groups excluding carboxylic acids is 1. The maximum absolute atomic E-state index is 12.8. The second-order valence-corrected chi connectivity index (χ2v) is 6.62. The van der Waals surface area contributed by atoms with Crippen molar-refractivity contribution >= 4 is 16.9 Å². The minimum absolute atomic E-state index is 0.0919. The molecule has 2 aromatic rings. The van der Waals surface area contributed by atoms with Crippen LogP contribution >= 0.6 is 0 Å². The molecule has 1 N–H and O–H groups in total. The Labute approximate surface area is 145 Å². The van der Waals surface area contributed by atoms with Gasteiger partial charge >= 0.3 is 5.69 Å². The minimum atomic E-state index is -0.513. The molecule has 1 fully saturated rings. The number of carbonyl (C=O) groups is 1. The largest absolute Gasteiger partial charge is 0.333 e. The van der Waals surface area contributed by atoms with Gasteiger partial charge in [-0.2, -0.15) is 0 Å². The minimum Gasteiger partial charge on any atom is -0.333 e. The fraction of sp³-hybridized carbons (Fsp3) is 0.529. The van der Waals surface area contributed by atoms with E-state index in [4.69, 9.17) is 0 Å². The molecule has 0 spiro atoms. The lowest BCUT2D eigenvalue weighted by atomic mass is 10.1. The maximum atomic E-state index is 12.8. The SMILES string of the molecule is CCCn1c(=O)[nH]c(=O)c2cc(C(=O)N3CCN(C)C[C@H]3C)cnc21. The Balaban J connectivity index is 2.03. The van der Waals surface area contributed by atoms with E-state index in [1.807, 2.05) is 20.9 Å². The van der Waals surface area contributed by atoms with Crippen molar-refractivity contribution in [2.45, 2.75) is 32.9 Å². The third-order valence-electron chi connectivity index (χ3n) is 4.62. The predicted octanol–water partition coefficient (Wildman–Crippen LogP) is 0.271. The summed E-state index contributed by atoms with van der Waals surface area (Å²) in [6.07, 6.45) is 2.20. The first-order valence-electron chi connectivity index (χ1n) is 8.54. The smallest absolute Gasteiger partial charge is 0.329 e. The number of likely N-dealkylation sites (N-methyl/N-ethyl adjacent to an activating group) is 1. The number of amides is 1. The molecule has 1 aliphatic heterocycles. The molecule has 1 atom stereocenters. The number of nitrogens with zero attached hydrogens (tertiary/aromatic N) is 4. The highest BCUT2D eigenvalue weighted by Gasteiger charge is 2.27. The molecule has 0 aliphatic carbocycles. The zero-order valence-electron chi connectivity index (χ0n) is 14.8. The fourth-order valence-electron chi connectivity index (χ4n) is 3.32. The Morgan fingerprint density at radius 3 is 2.80 bits per heavy atom. The van der Waals surface area contributed by atoms with Gasteiger partial charge in [0.1, 0.15) is 5.65 Å². The standard InChI is InChI=1S/C17H23N5O3/c1-4-5-22-14-13(15(23)19-17(22)25)8-12(9-18-14)16(24)21-7-6-20(3)10-11(21)2/h8-9,11H,4-7,10H2,1-3H3,(H,19,23,25)/t11-/m1/s1. The van der Waals surface area contributed by atoms with Crippen molar-refractivity contribution in [3.8, 4) is 0 Å². The van der Waals surface area contributed by atoms with E-state index in [1.54, 1.807) is 11.0 Å². The van der Waals surface area contributed by atoms with Crippen LogP contribution in [0.25, 0.3) is 11.0 Å². The second-order valence-electron chi connectivity index (χ2n) is 6.62. The Kier molecular flexibility index (Phi) is 4.71. The summed E-state index contributed by atoms with van der Waals surface area (Å²) in [5, 5.41) is 0.265. The zero-order valence-corrected chi connectivity index (χ0v) is 14.8. The number of nitrogens with one attached hydrogen (secondary N) is 1. The number of pyridine rings is 1. The van der Waals surface area contributed by atoms with Crippen molar-refractivity contribution in [2.24, 2.45) is 0 Å². The molecule has 0 radical (unpaired) electrons. The monoisotopic (exact) mass is 345 g/mol. The van der Waals surface area contributed by atoms with Crippen molar-refractivity contribution in [3.63, 3.8) is 0 Å². The number of aryl methyl sites for hydroxylation is 1. The van der Waals surface area contributed by atoms with Crippen LogP contribution < -0.4 is 11.2 Å². The first-order chi connectivity index (χ1) is 11.9. The van der Waals surface area contributed by atoms with Gasteiger partial charge in [0.05, 0.1) is 10.9 Å². The van der Waals surface area contributed by atoms with Crippen LogP contribution in [0.2, 0.25) is 0 Å². The molecule has 25 heavy (non-hydrogen) atoms. The van der Waals surface area contributed by atoms with Crippen molar-refractivity contribution < 1.29 is 4.79 Å². The molecule has 1 saturated heterocycles. The van der Waals surface area contributed by atoms with E-state index in [1.165, 1.54) is 10.8 Å². The van der Waals surface area contributed by atoms with Crippen LogP contribution in [0.1, 0.15) is 30.6 Å². The number of H-pyrrole nitrogens is 1. The van der Waals surface area contributed by atoms with Crippen LogP contribution in [0.5, 0.6) is 0 Å². The van der Waals surface area contributed by atoms with Gasteiger partial charge in [0, 0.05) is 38.4 Å². The molecule has 3 heterocycles. The number of aromatic amines is 1. The molecule has 1 aliphatic rings. The first kappa shape index (κ1) is 17.3. The quantitative estimate of drug-likeness (QED) is 0.862. The number of rotatable bonds is 3. The molecular weight excluding hydrogens is 322 g/mol. The molecule has 0 aromatic carbocycles. The summed E-state index contributed by atoms with van der Waals surface area (Å²) in [6, 6.07) is 1.63. The number of aromatic nitrogens is 3. The average Bonchev–Trinajstić information content (AvgIpc) is 2.57. The third-order valence-corrected chi connectivity index (χ3v) is 4.62. The summed E-state index contributed by atoms with van der Waals surface area (Å²) < 4.78 is 1.43. The van der Waals surface area contributed by atoms with Crippen LogP contribution in [0, 0.1) is 0 Å². The fourth-order valence-corrected chi connectivity index (χ4v) is 3.32. The average molecular weight is 345 g/mol. The molecule has 0 bridgehead atoms. The van der Waals surface area contributed by atoms with E-state index in [-0.39, 0.29) is 17.3 Å². The predicted molar refractivity (Wildman–Crippen MR) is 94.9 cm³/mol. The molecule has 2 aromatic heterocycles. The number of piperazine rings is 1. The van der Waals surface area contributed by atoms with E-state index in [0.29, 0.717) is 24.3 Å². The van der Waals surface area contributed by atoms with Gasteiger partial charge in [-0.3, -0.25) is 19.1 Å². The summed E-state index contributed by atoms with van der Waals surface area (Å²) in [4.78, 5) is 47.5.